The van der Waals surface area contributed by atoms with Crippen molar-refractivity contribution in [1.82, 2.24) is 25.1 Å². The van der Waals surface area contributed by atoms with Crippen LogP contribution in [0.3, 0.4) is 0 Å². The highest BCUT2D eigenvalue weighted by Gasteiger charge is 2.19. The number of anilines is 1. The Bertz CT molecular complexity index is 962. The van der Waals surface area contributed by atoms with Crippen LogP contribution >= 0.6 is 0 Å². The summed E-state index contributed by atoms with van der Waals surface area (Å²) in [7, 11) is 1.64. The van der Waals surface area contributed by atoms with E-state index in [-0.39, 0.29) is 35.7 Å². The Hall–Kier alpha value is -3.50. The molecular formula is C18H17F3N6O2. The van der Waals surface area contributed by atoms with Crippen LogP contribution in [0.5, 0.6) is 0 Å². The smallest absolute Gasteiger partial charge is 0.314 e. The second kappa shape index (κ2) is 8.67. The maximum atomic E-state index is 13.2. The van der Waals surface area contributed by atoms with Crippen LogP contribution in [0, 0.1) is 5.82 Å². The summed E-state index contributed by atoms with van der Waals surface area (Å²) in [6, 6.07) is 5.42. The molecule has 0 bridgehead atoms. The van der Waals surface area contributed by atoms with Crippen LogP contribution in [-0.4, -0.2) is 44.6 Å². The number of rotatable bonds is 7. The second-order valence-corrected chi connectivity index (χ2v) is 6.19. The first-order valence-corrected chi connectivity index (χ1v) is 8.51. The summed E-state index contributed by atoms with van der Waals surface area (Å²) < 4.78 is 43.2. The molecule has 0 fully saturated rings. The number of carbonyl (C=O) groups is 1. The lowest BCUT2D eigenvalue weighted by Gasteiger charge is -2.24. The highest BCUT2D eigenvalue weighted by Crippen LogP contribution is 2.23. The molecule has 1 atom stereocenters. The molecule has 11 heteroatoms. The molecule has 3 rings (SSSR count). The molecule has 0 unspecified atom stereocenters. The largest absolute Gasteiger partial charge is 0.415 e. The van der Waals surface area contributed by atoms with Gasteiger partial charge in [-0.3, -0.25) is 4.79 Å². The quantitative estimate of drug-likeness (QED) is 0.643. The summed E-state index contributed by atoms with van der Waals surface area (Å²) in [6.07, 6.45) is -0.184. The minimum atomic E-state index is -2.87. The number of nitrogens with one attached hydrogen (secondary N) is 1. The lowest BCUT2D eigenvalue weighted by Crippen LogP contribution is -2.32. The molecular weight excluding hydrogens is 389 g/mol. The number of nitrogens with zero attached hydrogens (tertiary/aromatic N) is 5. The molecule has 0 radical (unpaired) electrons. The SMILES string of the molecule is CC(=O)N(C)C[C@H](Nc1ncc(-c2nnc(C(F)F)o2)cn1)c1ccc(F)cc1. The molecule has 0 aliphatic heterocycles. The summed E-state index contributed by atoms with van der Waals surface area (Å²) in [5.41, 5.74) is 1.000. The fraction of sp³-hybridized carbons (Fsp3) is 0.278. The van der Waals surface area contributed by atoms with Crippen molar-refractivity contribution in [3.8, 4) is 11.5 Å². The van der Waals surface area contributed by atoms with Crippen LogP contribution in [-0.2, 0) is 4.79 Å². The normalized spacial score (nSPS) is 12.1. The summed E-state index contributed by atoms with van der Waals surface area (Å²) in [5, 5.41) is 9.87. The van der Waals surface area contributed by atoms with Gasteiger partial charge in [-0.15, -0.1) is 10.2 Å². The van der Waals surface area contributed by atoms with Gasteiger partial charge < -0.3 is 14.6 Å². The standard InChI is InChI=1S/C18H17F3N6O2/c1-10(28)27(2)9-14(11-3-5-13(19)6-4-11)24-18-22-7-12(8-23-18)16-25-26-17(29-16)15(20)21/h3-8,14-15H,9H2,1-2H3,(H,22,23,24)/t14-/m0/s1. The third-order valence-corrected chi connectivity index (χ3v) is 4.10. The van der Waals surface area contributed by atoms with Gasteiger partial charge in [-0.25, -0.2) is 14.4 Å². The number of halogens is 3. The summed E-state index contributed by atoms with van der Waals surface area (Å²) in [6.45, 7) is 1.72. The van der Waals surface area contributed by atoms with Crippen molar-refractivity contribution in [2.24, 2.45) is 0 Å². The van der Waals surface area contributed by atoms with Crippen molar-refractivity contribution in [1.29, 1.82) is 0 Å². The third-order valence-electron chi connectivity index (χ3n) is 4.10. The zero-order valence-corrected chi connectivity index (χ0v) is 15.5. The van der Waals surface area contributed by atoms with Crippen LogP contribution in [0.15, 0.2) is 41.1 Å². The predicted molar refractivity (Wildman–Crippen MR) is 96.4 cm³/mol. The summed E-state index contributed by atoms with van der Waals surface area (Å²) in [4.78, 5) is 21.4. The van der Waals surface area contributed by atoms with Crippen molar-refractivity contribution in [3.05, 3.63) is 53.9 Å². The first-order valence-electron chi connectivity index (χ1n) is 8.51. The first-order chi connectivity index (χ1) is 13.8. The van der Waals surface area contributed by atoms with E-state index >= 15 is 0 Å². The number of amides is 1. The van der Waals surface area contributed by atoms with Gasteiger partial charge in [-0.2, -0.15) is 8.78 Å². The van der Waals surface area contributed by atoms with Crippen molar-refractivity contribution in [2.75, 3.05) is 18.9 Å². The molecule has 152 valence electrons. The lowest BCUT2D eigenvalue weighted by molar-refractivity contribution is -0.127. The van der Waals surface area contributed by atoms with Gasteiger partial charge >= 0.3 is 6.43 Å². The number of carbonyl (C=O) groups excluding carboxylic acids is 1. The molecule has 29 heavy (non-hydrogen) atoms. The number of hydrogen-bond acceptors (Lipinski definition) is 7. The number of aromatic nitrogens is 4. The zero-order chi connectivity index (χ0) is 21.0. The van der Waals surface area contributed by atoms with Gasteiger partial charge in [0.25, 0.3) is 11.8 Å². The molecule has 8 nitrogen and oxygen atoms in total. The van der Waals surface area contributed by atoms with Gasteiger partial charge in [0, 0.05) is 32.9 Å². The van der Waals surface area contributed by atoms with E-state index in [1.54, 1.807) is 19.2 Å². The van der Waals surface area contributed by atoms with Crippen molar-refractivity contribution in [2.45, 2.75) is 19.4 Å². The van der Waals surface area contributed by atoms with E-state index in [0.29, 0.717) is 0 Å². The van der Waals surface area contributed by atoms with E-state index in [0.717, 1.165) is 5.56 Å². The maximum Gasteiger partial charge on any atom is 0.314 e. The fourth-order valence-corrected chi connectivity index (χ4v) is 2.44. The van der Waals surface area contributed by atoms with Crippen LogP contribution < -0.4 is 5.32 Å². The number of likely N-dealkylation sites (N-methyl/N-ethyl adjacent to an activating group) is 1. The van der Waals surface area contributed by atoms with Crippen LogP contribution in [0.1, 0.15) is 30.8 Å². The Labute approximate surface area is 163 Å². The van der Waals surface area contributed by atoms with E-state index in [2.05, 4.69) is 25.5 Å². The summed E-state index contributed by atoms with van der Waals surface area (Å²) >= 11 is 0. The van der Waals surface area contributed by atoms with E-state index in [1.807, 2.05) is 0 Å². The Balaban J connectivity index is 1.79. The molecule has 3 aromatic rings. The molecule has 1 N–H and O–H groups in total. The van der Waals surface area contributed by atoms with Crippen molar-refractivity contribution in [3.63, 3.8) is 0 Å². The number of hydrogen-bond donors (Lipinski definition) is 1. The summed E-state index contributed by atoms with van der Waals surface area (Å²) in [5.74, 6) is -1.21. The number of alkyl halides is 2. The molecule has 0 aliphatic carbocycles. The number of benzene rings is 1. The monoisotopic (exact) mass is 406 g/mol. The van der Waals surface area contributed by atoms with Crippen molar-refractivity contribution >= 4 is 11.9 Å². The van der Waals surface area contributed by atoms with Gasteiger partial charge in [0.15, 0.2) is 0 Å². The predicted octanol–water partition coefficient (Wildman–Crippen LogP) is 3.23. The van der Waals surface area contributed by atoms with Gasteiger partial charge in [-0.1, -0.05) is 12.1 Å². The Kier molecular flexibility index (Phi) is 6.05. The average Bonchev–Trinajstić information content (AvgIpc) is 3.19. The van der Waals surface area contributed by atoms with Gasteiger partial charge in [0.05, 0.1) is 11.6 Å². The van der Waals surface area contributed by atoms with Crippen LogP contribution in [0.25, 0.3) is 11.5 Å². The van der Waals surface area contributed by atoms with E-state index in [1.165, 1.54) is 36.4 Å². The van der Waals surface area contributed by atoms with Crippen LogP contribution in [0.2, 0.25) is 0 Å². The second-order valence-electron chi connectivity index (χ2n) is 6.19. The molecule has 0 saturated carbocycles. The molecule has 2 aromatic heterocycles. The molecule has 2 heterocycles. The van der Waals surface area contributed by atoms with E-state index in [9.17, 15) is 18.0 Å². The van der Waals surface area contributed by atoms with Crippen molar-refractivity contribution < 1.29 is 22.4 Å². The fourth-order valence-electron chi connectivity index (χ4n) is 2.44. The van der Waals surface area contributed by atoms with E-state index in [4.69, 9.17) is 4.42 Å². The lowest BCUT2D eigenvalue weighted by atomic mass is 10.1. The molecule has 1 aromatic carbocycles. The molecule has 0 aliphatic rings. The van der Waals surface area contributed by atoms with Gasteiger partial charge in [-0.05, 0) is 17.7 Å². The topological polar surface area (TPSA) is 97.0 Å². The third kappa shape index (κ3) is 5.06. The highest BCUT2D eigenvalue weighted by atomic mass is 19.3. The first kappa shape index (κ1) is 20.2. The molecule has 0 saturated heterocycles. The van der Waals surface area contributed by atoms with E-state index < -0.39 is 18.4 Å². The Morgan fingerprint density at radius 3 is 2.38 bits per heavy atom. The highest BCUT2D eigenvalue weighted by molar-refractivity contribution is 5.73. The van der Waals surface area contributed by atoms with Gasteiger partial charge in [0.2, 0.25) is 11.9 Å². The van der Waals surface area contributed by atoms with Crippen LogP contribution in [0.4, 0.5) is 19.1 Å². The molecule has 0 spiro atoms. The maximum absolute atomic E-state index is 13.2. The Morgan fingerprint density at radius 1 is 1.17 bits per heavy atom. The minimum Gasteiger partial charge on any atom is -0.415 e. The van der Waals surface area contributed by atoms with Gasteiger partial charge in [0.1, 0.15) is 5.82 Å². The zero-order valence-electron chi connectivity index (χ0n) is 15.5. The average molecular weight is 406 g/mol. The molecule has 1 amide bonds. The minimum absolute atomic E-state index is 0.127. The Morgan fingerprint density at radius 2 is 1.83 bits per heavy atom.